The van der Waals surface area contributed by atoms with Crippen LogP contribution in [0.4, 0.5) is 11.4 Å². The highest BCUT2D eigenvalue weighted by Gasteiger charge is 2.28. The number of nitrogens with one attached hydrogen (secondary N) is 1. The van der Waals surface area contributed by atoms with Crippen LogP contribution in [0.1, 0.15) is 36.5 Å². The number of nitrogens with zero attached hydrogens (tertiary/aromatic N) is 2. The summed E-state index contributed by atoms with van der Waals surface area (Å²) in [5, 5.41) is 6.89. The molecule has 1 fully saturated rings. The molecule has 1 atom stereocenters. The number of amides is 2. The predicted molar refractivity (Wildman–Crippen MR) is 104 cm³/mol. The van der Waals surface area contributed by atoms with Crippen molar-refractivity contribution in [2.45, 2.75) is 32.3 Å². The minimum atomic E-state index is -0.276. The van der Waals surface area contributed by atoms with E-state index >= 15 is 0 Å². The Morgan fingerprint density at radius 1 is 1.19 bits per heavy atom. The largest absolute Gasteiger partial charge is 0.387 e. The molecule has 0 spiro atoms. The predicted octanol–water partition coefficient (Wildman–Crippen LogP) is 3.58. The van der Waals surface area contributed by atoms with Gasteiger partial charge in [-0.25, -0.2) is 0 Å². The third-order valence-corrected chi connectivity index (χ3v) is 5.02. The van der Waals surface area contributed by atoms with Crippen LogP contribution in [-0.4, -0.2) is 24.1 Å². The summed E-state index contributed by atoms with van der Waals surface area (Å²) in [6, 6.07) is 15.3. The molecule has 1 saturated heterocycles. The molecule has 0 bridgehead atoms. The molecule has 2 heterocycles. The third-order valence-electron chi connectivity index (χ3n) is 5.02. The maximum atomic E-state index is 12.6. The summed E-state index contributed by atoms with van der Waals surface area (Å²) in [6.07, 6.45) is 1.63. The smallest absolute Gasteiger partial charge is 0.273 e. The summed E-state index contributed by atoms with van der Waals surface area (Å²) in [6.45, 7) is 2.63. The molecule has 1 N–H and O–H groups in total. The van der Waals surface area contributed by atoms with Crippen LogP contribution in [-0.2, 0) is 14.4 Å². The van der Waals surface area contributed by atoms with E-state index in [1.54, 1.807) is 4.90 Å². The van der Waals surface area contributed by atoms with Crippen molar-refractivity contribution < 1.29 is 14.4 Å². The zero-order chi connectivity index (χ0) is 18.8. The van der Waals surface area contributed by atoms with Gasteiger partial charge < -0.3 is 15.1 Å². The van der Waals surface area contributed by atoms with Crippen molar-refractivity contribution in [2.24, 2.45) is 5.16 Å². The molecule has 4 rings (SSSR count). The summed E-state index contributed by atoms with van der Waals surface area (Å²) >= 11 is 0. The van der Waals surface area contributed by atoms with Crippen LogP contribution in [0.5, 0.6) is 0 Å². The maximum absolute atomic E-state index is 12.6. The minimum absolute atomic E-state index is 0.126. The zero-order valence-electron chi connectivity index (χ0n) is 15.1. The van der Waals surface area contributed by atoms with Gasteiger partial charge in [0.1, 0.15) is 5.71 Å². The Morgan fingerprint density at radius 3 is 2.74 bits per heavy atom. The Hall–Kier alpha value is -3.15. The van der Waals surface area contributed by atoms with Gasteiger partial charge in [0.05, 0.1) is 0 Å². The quantitative estimate of drug-likeness (QED) is 0.903. The van der Waals surface area contributed by atoms with E-state index < -0.39 is 0 Å². The number of hydrogen-bond acceptors (Lipinski definition) is 4. The summed E-state index contributed by atoms with van der Waals surface area (Å²) in [5.41, 5.74) is 3.77. The van der Waals surface area contributed by atoms with Crippen molar-refractivity contribution in [1.29, 1.82) is 0 Å². The average molecular weight is 363 g/mol. The second-order valence-electron chi connectivity index (χ2n) is 6.80. The average Bonchev–Trinajstić information content (AvgIpc) is 3.34. The lowest BCUT2D eigenvalue weighted by Gasteiger charge is -2.20. The first-order valence-electron chi connectivity index (χ1n) is 9.12. The van der Waals surface area contributed by atoms with Gasteiger partial charge in [0.15, 0.2) is 6.10 Å². The number of benzene rings is 2. The topological polar surface area (TPSA) is 71.0 Å². The van der Waals surface area contributed by atoms with Gasteiger partial charge >= 0.3 is 0 Å². The molecular formula is C21H21N3O3. The van der Waals surface area contributed by atoms with E-state index in [-0.39, 0.29) is 17.9 Å². The Bertz CT molecular complexity index is 908. The lowest BCUT2D eigenvalue weighted by atomic mass is 10.0. The number of carbonyl (C=O) groups is 2. The van der Waals surface area contributed by atoms with Gasteiger partial charge in [0, 0.05) is 30.8 Å². The molecule has 2 aromatic carbocycles. The first-order chi connectivity index (χ1) is 13.1. The van der Waals surface area contributed by atoms with Crippen LogP contribution in [0.2, 0.25) is 0 Å². The van der Waals surface area contributed by atoms with Gasteiger partial charge in [-0.15, -0.1) is 0 Å². The van der Waals surface area contributed by atoms with Gasteiger partial charge in [0.25, 0.3) is 5.91 Å². The van der Waals surface area contributed by atoms with Crippen molar-refractivity contribution >= 4 is 28.9 Å². The van der Waals surface area contributed by atoms with E-state index in [1.165, 1.54) is 0 Å². The van der Waals surface area contributed by atoms with Crippen molar-refractivity contribution in [3.05, 3.63) is 59.7 Å². The van der Waals surface area contributed by atoms with Crippen LogP contribution in [0.3, 0.4) is 0 Å². The maximum Gasteiger partial charge on any atom is 0.273 e. The van der Waals surface area contributed by atoms with E-state index in [0.717, 1.165) is 29.8 Å². The van der Waals surface area contributed by atoms with Gasteiger partial charge in [-0.3, -0.25) is 9.59 Å². The summed E-state index contributed by atoms with van der Waals surface area (Å²) in [5.74, 6) is -0.151. The van der Waals surface area contributed by atoms with Crippen LogP contribution in [0.15, 0.2) is 53.7 Å². The lowest BCUT2D eigenvalue weighted by Crippen LogP contribution is -2.26. The lowest BCUT2D eigenvalue weighted by molar-refractivity contribution is -0.117. The van der Waals surface area contributed by atoms with E-state index in [1.807, 2.05) is 55.5 Å². The summed E-state index contributed by atoms with van der Waals surface area (Å²) in [4.78, 5) is 31.9. The number of anilines is 2. The van der Waals surface area contributed by atoms with Crippen molar-refractivity contribution in [3.63, 3.8) is 0 Å². The van der Waals surface area contributed by atoms with Crippen LogP contribution in [0.25, 0.3) is 0 Å². The molecule has 0 radical (unpaired) electrons. The molecule has 6 heteroatoms. The minimum Gasteiger partial charge on any atom is -0.387 e. The van der Waals surface area contributed by atoms with Crippen molar-refractivity contribution in [3.8, 4) is 0 Å². The van der Waals surface area contributed by atoms with Crippen LogP contribution < -0.4 is 10.2 Å². The van der Waals surface area contributed by atoms with Crippen molar-refractivity contribution in [1.82, 2.24) is 0 Å². The molecule has 6 nitrogen and oxygen atoms in total. The highest BCUT2D eigenvalue weighted by Crippen LogP contribution is 2.31. The SMILES string of the molecule is Cc1c(NC(=O)C2=NO[C@@H](c3ccccc3)C2)cccc1N1CCCC1=O. The normalized spacial score (nSPS) is 19.0. The molecule has 0 unspecified atom stereocenters. The Kier molecular flexibility index (Phi) is 4.62. The summed E-state index contributed by atoms with van der Waals surface area (Å²) in [7, 11) is 0. The molecular weight excluding hydrogens is 342 g/mol. The van der Waals surface area contributed by atoms with E-state index in [4.69, 9.17) is 4.84 Å². The fraction of sp³-hybridized carbons (Fsp3) is 0.286. The molecule has 2 aliphatic heterocycles. The van der Waals surface area contributed by atoms with Crippen LogP contribution in [0, 0.1) is 6.92 Å². The Morgan fingerprint density at radius 2 is 2.00 bits per heavy atom. The van der Waals surface area contributed by atoms with Crippen molar-refractivity contribution in [2.75, 3.05) is 16.8 Å². The molecule has 2 aliphatic rings. The molecule has 0 saturated carbocycles. The third kappa shape index (κ3) is 3.43. The zero-order valence-corrected chi connectivity index (χ0v) is 15.1. The summed E-state index contributed by atoms with van der Waals surface area (Å²) < 4.78 is 0. The monoisotopic (exact) mass is 363 g/mol. The second kappa shape index (κ2) is 7.23. The molecule has 2 amide bonds. The van der Waals surface area contributed by atoms with E-state index in [2.05, 4.69) is 10.5 Å². The van der Waals surface area contributed by atoms with Gasteiger partial charge in [-0.1, -0.05) is 41.6 Å². The van der Waals surface area contributed by atoms with Gasteiger partial charge in [0.2, 0.25) is 5.91 Å². The molecule has 0 aliphatic carbocycles. The Balaban J connectivity index is 1.47. The first kappa shape index (κ1) is 17.3. The highest BCUT2D eigenvalue weighted by atomic mass is 16.6. The number of oxime groups is 1. The molecule has 0 aromatic heterocycles. The number of carbonyl (C=O) groups excluding carboxylic acids is 2. The standard InChI is InChI=1S/C21H21N3O3/c1-14-16(9-5-10-18(14)24-12-6-11-20(24)25)22-21(26)17-13-19(27-23-17)15-7-3-2-4-8-15/h2-5,7-10,19H,6,11-13H2,1H3,(H,22,26)/t19-/m1/s1. The fourth-order valence-electron chi connectivity index (χ4n) is 3.51. The number of rotatable bonds is 4. The molecule has 138 valence electrons. The first-order valence-corrected chi connectivity index (χ1v) is 9.12. The second-order valence-corrected chi connectivity index (χ2v) is 6.80. The van der Waals surface area contributed by atoms with E-state index in [0.29, 0.717) is 24.2 Å². The molecule has 27 heavy (non-hydrogen) atoms. The van der Waals surface area contributed by atoms with Crippen LogP contribution >= 0.6 is 0 Å². The number of hydrogen-bond donors (Lipinski definition) is 1. The highest BCUT2D eigenvalue weighted by molar-refractivity contribution is 6.43. The van der Waals surface area contributed by atoms with Gasteiger partial charge in [-0.2, -0.15) is 0 Å². The van der Waals surface area contributed by atoms with E-state index in [9.17, 15) is 9.59 Å². The van der Waals surface area contributed by atoms with Gasteiger partial charge in [-0.05, 0) is 36.6 Å². The molecule has 2 aromatic rings. The Labute approximate surface area is 157 Å². The fourth-order valence-corrected chi connectivity index (χ4v) is 3.51.